The standard InChI is InChI=1S/C17H14N4O5/c1-9-15(11-4-2-3-5-13(11)19-9)14(22)8-20-7-10(21(25)26)6-12(16(18)23)17(20)24/h2-7,19H,8H2,1H3,(H2,18,23). The summed E-state index contributed by atoms with van der Waals surface area (Å²) in [5.74, 6) is -1.51. The van der Waals surface area contributed by atoms with Crippen molar-refractivity contribution >= 4 is 28.3 Å². The number of benzene rings is 1. The number of pyridine rings is 1. The van der Waals surface area contributed by atoms with Crippen LogP contribution in [0.4, 0.5) is 5.69 Å². The number of ketones is 1. The summed E-state index contributed by atoms with van der Waals surface area (Å²) in [5, 5.41) is 11.7. The number of hydrogen-bond acceptors (Lipinski definition) is 5. The number of aryl methyl sites for hydroxylation is 1. The Balaban J connectivity index is 2.09. The highest BCUT2D eigenvalue weighted by Crippen LogP contribution is 2.23. The van der Waals surface area contributed by atoms with Crippen LogP contribution in [-0.2, 0) is 6.54 Å². The first-order valence-corrected chi connectivity index (χ1v) is 7.58. The number of para-hydroxylation sites is 1. The minimum Gasteiger partial charge on any atom is -0.365 e. The molecular weight excluding hydrogens is 340 g/mol. The molecular formula is C17H14N4O5. The fourth-order valence-electron chi connectivity index (χ4n) is 2.88. The maximum Gasteiger partial charge on any atom is 0.286 e. The van der Waals surface area contributed by atoms with Gasteiger partial charge in [0.15, 0.2) is 5.78 Å². The molecule has 3 N–H and O–H groups in total. The number of aromatic amines is 1. The molecule has 1 amide bonds. The summed E-state index contributed by atoms with van der Waals surface area (Å²) in [6, 6.07) is 7.97. The number of carbonyl (C=O) groups excluding carboxylic acids is 2. The lowest BCUT2D eigenvalue weighted by molar-refractivity contribution is -0.385. The largest absolute Gasteiger partial charge is 0.365 e. The predicted molar refractivity (Wildman–Crippen MR) is 93.2 cm³/mol. The minimum absolute atomic E-state index is 0.389. The van der Waals surface area contributed by atoms with Crippen molar-refractivity contribution in [2.45, 2.75) is 13.5 Å². The van der Waals surface area contributed by atoms with Gasteiger partial charge in [-0.25, -0.2) is 0 Å². The molecule has 3 rings (SSSR count). The number of carbonyl (C=O) groups is 2. The Morgan fingerprint density at radius 2 is 2.00 bits per heavy atom. The number of hydrogen-bond donors (Lipinski definition) is 2. The third-order valence-electron chi connectivity index (χ3n) is 4.03. The van der Waals surface area contributed by atoms with Crippen molar-refractivity contribution in [1.82, 2.24) is 9.55 Å². The van der Waals surface area contributed by atoms with Gasteiger partial charge in [-0.1, -0.05) is 18.2 Å². The molecule has 0 aliphatic carbocycles. The summed E-state index contributed by atoms with van der Waals surface area (Å²) in [6.45, 7) is 1.27. The minimum atomic E-state index is -1.09. The van der Waals surface area contributed by atoms with Crippen molar-refractivity contribution in [3.05, 3.63) is 73.8 Å². The van der Waals surface area contributed by atoms with E-state index in [1.54, 1.807) is 19.1 Å². The molecule has 0 atom stereocenters. The number of H-pyrrole nitrogens is 1. The molecule has 0 radical (unpaired) electrons. The summed E-state index contributed by atoms with van der Waals surface area (Å²) in [4.78, 5) is 49.8. The Bertz CT molecular complexity index is 1130. The van der Waals surface area contributed by atoms with Crippen molar-refractivity contribution in [3.63, 3.8) is 0 Å². The van der Waals surface area contributed by atoms with Crippen LogP contribution in [0.2, 0.25) is 0 Å². The summed E-state index contributed by atoms with van der Waals surface area (Å²) < 4.78 is 0.835. The first kappa shape index (κ1) is 17.1. The quantitative estimate of drug-likeness (QED) is 0.406. The summed E-state index contributed by atoms with van der Waals surface area (Å²) >= 11 is 0. The summed E-state index contributed by atoms with van der Waals surface area (Å²) in [6.07, 6.45) is 0.927. The molecule has 132 valence electrons. The number of nitrogens with zero attached hydrogens (tertiary/aromatic N) is 2. The SMILES string of the molecule is Cc1[nH]c2ccccc2c1C(=O)Cn1cc([N+](=O)[O-])cc(C(N)=O)c1=O. The Labute approximate surface area is 146 Å². The highest BCUT2D eigenvalue weighted by molar-refractivity contribution is 6.09. The molecule has 0 aliphatic heterocycles. The van der Waals surface area contributed by atoms with Crippen LogP contribution >= 0.6 is 0 Å². The zero-order valence-electron chi connectivity index (χ0n) is 13.7. The first-order valence-electron chi connectivity index (χ1n) is 7.58. The van der Waals surface area contributed by atoms with Gasteiger partial charge in [-0.05, 0) is 13.0 Å². The van der Waals surface area contributed by atoms with Gasteiger partial charge in [-0.2, -0.15) is 0 Å². The summed E-state index contributed by atoms with van der Waals surface area (Å²) in [5.41, 5.74) is 4.99. The van der Waals surface area contributed by atoms with E-state index in [1.165, 1.54) is 0 Å². The molecule has 0 saturated carbocycles. The molecule has 2 aromatic heterocycles. The number of nitrogens with one attached hydrogen (secondary N) is 1. The van der Waals surface area contributed by atoms with Crippen molar-refractivity contribution < 1.29 is 14.5 Å². The highest BCUT2D eigenvalue weighted by atomic mass is 16.6. The van der Waals surface area contributed by atoms with Crippen LogP contribution in [0.5, 0.6) is 0 Å². The van der Waals surface area contributed by atoms with E-state index in [9.17, 15) is 24.5 Å². The normalized spacial score (nSPS) is 10.8. The molecule has 9 heteroatoms. The fourth-order valence-corrected chi connectivity index (χ4v) is 2.88. The van der Waals surface area contributed by atoms with E-state index in [-0.39, 0.29) is 0 Å². The Kier molecular flexibility index (Phi) is 4.13. The molecule has 26 heavy (non-hydrogen) atoms. The van der Waals surface area contributed by atoms with Gasteiger partial charge in [0, 0.05) is 28.2 Å². The second-order valence-electron chi connectivity index (χ2n) is 5.76. The number of nitrogens with two attached hydrogens (primary N) is 1. The van der Waals surface area contributed by atoms with Gasteiger partial charge in [-0.15, -0.1) is 0 Å². The smallest absolute Gasteiger partial charge is 0.286 e. The number of rotatable bonds is 5. The average molecular weight is 354 g/mol. The monoisotopic (exact) mass is 354 g/mol. The molecule has 0 saturated heterocycles. The van der Waals surface area contributed by atoms with E-state index in [0.29, 0.717) is 16.6 Å². The van der Waals surface area contributed by atoms with Crippen LogP contribution in [0.15, 0.2) is 41.3 Å². The molecule has 9 nitrogen and oxygen atoms in total. The molecule has 0 bridgehead atoms. The second kappa shape index (κ2) is 6.28. The molecule has 0 fully saturated rings. The van der Waals surface area contributed by atoms with Crippen LogP contribution in [-0.4, -0.2) is 26.2 Å². The number of amides is 1. The zero-order chi connectivity index (χ0) is 19.0. The first-order chi connectivity index (χ1) is 12.3. The lowest BCUT2D eigenvalue weighted by atomic mass is 10.1. The van der Waals surface area contributed by atoms with Crippen LogP contribution < -0.4 is 11.3 Å². The van der Waals surface area contributed by atoms with Crippen molar-refractivity contribution in [2.75, 3.05) is 0 Å². The third kappa shape index (κ3) is 2.86. The van der Waals surface area contributed by atoms with Crippen LogP contribution in [0, 0.1) is 17.0 Å². The average Bonchev–Trinajstić information content (AvgIpc) is 2.91. The number of primary amides is 1. The van der Waals surface area contributed by atoms with Gasteiger partial charge in [0.1, 0.15) is 5.56 Å². The Morgan fingerprint density at radius 1 is 1.31 bits per heavy atom. The van der Waals surface area contributed by atoms with Gasteiger partial charge in [0.25, 0.3) is 17.2 Å². The van der Waals surface area contributed by atoms with Crippen LogP contribution in [0.1, 0.15) is 26.4 Å². The topological polar surface area (TPSA) is 141 Å². The van der Waals surface area contributed by atoms with E-state index in [2.05, 4.69) is 4.98 Å². The van der Waals surface area contributed by atoms with Gasteiger partial charge in [0.05, 0.1) is 17.7 Å². The van der Waals surface area contributed by atoms with E-state index in [0.717, 1.165) is 22.3 Å². The second-order valence-corrected chi connectivity index (χ2v) is 5.76. The molecule has 1 aromatic carbocycles. The molecule has 0 spiro atoms. The molecule has 2 heterocycles. The fraction of sp³-hybridized carbons (Fsp3) is 0.118. The van der Waals surface area contributed by atoms with E-state index in [1.807, 2.05) is 12.1 Å². The highest BCUT2D eigenvalue weighted by Gasteiger charge is 2.21. The Hall–Kier alpha value is -3.75. The van der Waals surface area contributed by atoms with Gasteiger partial charge < -0.3 is 15.3 Å². The Morgan fingerprint density at radius 3 is 2.65 bits per heavy atom. The van der Waals surface area contributed by atoms with Gasteiger partial charge in [0.2, 0.25) is 0 Å². The van der Waals surface area contributed by atoms with Gasteiger partial charge >= 0.3 is 0 Å². The van der Waals surface area contributed by atoms with E-state index >= 15 is 0 Å². The van der Waals surface area contributed by atoms with E-state index < -0.39 is 40.0 Å². The van der Waals surface area contributed by atoms with Crippen molar-refractivity contribution in [2.24, 2.45) is 5.73 Å². The van der Waals surface area contributed by atoms with Crippen LogP contribution in [0.25, 0.3) is 10.9 Å². The third-order valence-corrected chi connectivity index (χ3v) is 4.03. The summed E-state index contributed by atoms with van der Waals surface area (Å²) in [7, 11) is 0. The number of nitro groups is 1. The number of Topliss-reactive ketones (excluding diaryl/α,β-unsaturated/α-hetero) is 1. The number of fused-ring (bicyclic) bond motifs is 1. The lowest BCUT2D eigenvalue weighted by Crippen LogP contribution is -2.31. The van der Waals surface area contributed by atoms with Crippen molar-refractivity contribution in [3.8, 4) is 0 Å². The lowest BCUT2D eigenvalue weighted by Gasteiger charge is -2.07. The molecule has 0 unspecified atom stereocenters. The zero-order valence-corrected chi connectivity index (χ0v) is 13.7. The molecule has 0 aliphatic rings. The predicted octanol–water partition coefficient (Wildman–Crippen LogP) is 1.53. The molecule has 3 aromatic rings. The maximum absolute atomic E-state index is 12.8. The van der Waals surface area contributed by atoms with Gasteiger partial charge in [-0.3, -0.25) is 24.5 Å². The van der Waals surface area contributed by atoms with Crippen LogP contribution in [0.3, 0.4) is 0 Å². The maximum atomic E-state index is 12.8. The van der Waals surface area contributed by atoms with E-state index in [4.69, 9.17) is 5.73 Å². The number of aromatic nitrogens is 2. The van der Waals surface area contributed by atoms with Crippen molar-refractivity contribution in [1.29, 1.82) is 0 Å².